The second-order valence-corrected chi connectivity index (χ2v) is 7.67. The van der Waals surface area contributed by atoms with Gasteiger partial charge in [-0.2, -0.15) is 8.78 Å². The maximum absolute atomic E-state index is 13.7. The lowest BCUT2D eigenvalue weighted by molar-refractivity contribution is 0.00778. The summed E-state index contributed by atoms with van der Waals surface area (Å²) in [5.41, 5.74) is 1.36. The molecule has 2 aliphatic heterocycles. The minimum Gasteiger partial charge on any atom is -0.465 e. The maximum atomic E-state index is 13.7. The number of likely N-dealkylation sites (tertiary alicyclic amines) is 1. The molecular formula is C18H18ClF2N5O2. The van der Waals surface area contributed by atoms with E-state index in [9.17, 15) is 18.7 Å². The molecule has 2 aromatic rings. The second-order valence-electron chi connectivity index (χ2n) is 7.29. The van der Waals surface area contributed by atoms with E-state index < -0.39 is 17.8 Å². The van der Waals surface area contributed by atoms with Crippen LogP contribution in [0.1, 0.15) is 31.2 Å². The van der Waals surface area contributed by atoms with E-state index in [1.165, 1.54) is 11.1 Å². The molecule has 4 rings (SSSR count). The molecule has 0 aromatic carbocycles. The summed E-state index contributed by atoms with van der Waals surface area (Å²) >= 11 is 6.10. The number of aromatic nitrogens is 3. The number of anilines is 2. The number of fused-ring (bicyclic) bond motifs is 2. The molecular weight excluding hydrogens is 392 g/mol. The molecule has 1 saturated heterocycles. The summed E-state index contributed by atoms with van der Waals surface area (Å²) in [6.07, 6.45) is 3.28. The van der Waals surface area contributed by atoms with Crippen LogP contribution in [-0.2, 0) is 11.3 Å². The molecule has 0 atom stereocenters. The average molecular weight is 410 g/mol. The number of carbonyl (C=O) groups is 1. The van der Waals surface area contributed by atoms with Crippen molar-refractivity contribution in [3.8, 4) is 0 Å². The highest BCUT2D eigenvalue weighted by Gasteiger charge is 2.46. The van der Waals surface area contributed by atoms with Crippen LogP contribution in [0, 0.1) is 0 Å². The van der Waals surface area contributed by atoms with Crippen molar-refractivity contribution < 1.29 is 18.7 Å². The average Bonchev–Trinajstić information content (AvgIpc) is 2.95. The predicted octanol–water partition coefficient (Wildman–Crippen LogP) is 3.80. The van der Waals surface area contributed by atoms with Crippen LogP contribution >= 0.6 is 11.6 Å². The van der Waals surface area contributed by atoms with Gasteiger partial charge in [-0.15, -0.1) is 0 Å². The van der Waals surface area contributed by atoms with Crippen LogP contribution in [0.25, 0.3) is 0 Å². The van der Waals surface area contributed by atoms with Gasteiger partial charge in [-0.05, 0) is 25.0 Å². The fourth-order valence-corrected chi connectivity index (χ4v) is 4.15. The molecule has 0 bridgehead atoms. The van der Waals surface area contributed by atoms with Crippen LogP contribution in [0.15, 0.2) is 24.5 Å². The first-order valence-corrected chi connectivity index (χ1v) is 9.20. The molecule has 0 saturated carbocycles. The van der Waals surface area contributed by atoms with Gasteiger partial charge in [-0.3, -0.25) is 0 Å². The quantitative estimate of drug-likeness (QED) is 0.760. The zero-order valence-corrected chi connectivity index (χ0v) is 15.8. The molecule has 1 N–H and O–H groups in total. The van der Waals surface area contributed by atoms with E-state index in [1.807, 2.05) is 4.90 Å². The number of rotatable bonds is 2. The molecule has 28 heavy (non-hydrogen) atoms. The van der Waals surface area contributed by atoms with Gasteiger partial charge >= 0.3 is 12.0 Å². The Morgan fingerprint density at radius 3 is 2.68 bits per heavy atom. The van der Waals surface area contributed by atoms with Gasteiger partial charge in [0.05, 0.1) is 5.69 Å². The monoisotopic (exact) mass is 409 g/mol. The number of hydrogen-bond acceptors (Lipinski definition) is 5. The number of hydrogen-bond donors (Lipinski definition) is 1. The third-order valence-electron chi connectivity index (χ3n) is 5.47. The molecule has 0 radical (unpaired) electrons. The van der Waals surface area contributed by atoms with Gasteiger partial charge in [-0.1, -0.05) is 11.6 Å². The summed E-state index contributed by atoms with van der Waals surface area (Å²) in [4.78, 5) is 26.5. The first-order valence-electron chi connectivity index (χ1n) is 8.82. The van der Waals surface area contributed by atoms with Gasteiger partial charge in [0.2, 0.25) is 5.82 Å². The van der Waals surface area contributed by atoms with Crippen molar-refractivity contribution in [1.82, 2.24) is 19.9 Å². The number of carboxylic acid groups (broad SMARTS) is 1. The van der Waals surface area contributed by atoms with Crippen molar-refractivity contribution in [3.05, 3.63) is 41.1 Å². The molecule has 0 unspecified atom stereocenters. The Morgan fingerprint density at radius 2 is 2.04 bits per heavy atom. The smallest absolute Gasteiger partial charge is 0.407 e. The van der Waals surface area contributed by atoms with Crippen LogP contribution in [0.2, 0.25) is 5.15 Å². The van der Waals surface area contributed by atoms with E-state index in [1.54, 1.807) is 18.3 Å². The lowest BCUT2D eigenvalue weighted by Crippen LogP contribution is -2.46. The minimum atomic E-state index is -3.15. The van der Waals surface area contributed by atoms with E-state index in [0.29, 0.717) is 43.4 Å². The van der Waals surface area contributed by atoms with Crippen molar-refractivity contribution in [2.24, 2.45) is 0 Å². The highest BCUT2D eigenvalue weighted by molar-refractivity contribution is 6.29. The van der Waals surface area contributed by atoms with Gasteiger partial charge in [0, 0.05) is 49.9 Å². The van der Waals surface area contributed by atoms with Crippen LogP contribution in [0.5, 0.6) is 0 Å². The van der Waals surface area contributed by atoms with Gasteiger partial charge < -0.3 is 14.9 Å². The number of alkyl halides is 2. The van der Waals surface area contributed by atoms with Gasteiger partial charge in [-0.25, -0.2) is 19.7 Å². The van der Waals surface area contributed by atoms with E-state index in [0.717, 1.165) is 18.2 Å². The zero-order valence-electron chi connectivity index (χ0n) is 15.1. The molecule has 10 heteroatoms. The van der Waals surface area contributed by atoms with E-state index >= 15 is 0 Å². The number of halogens is 3. The Bertz CT molecular complexity index is 928. The number of pyridine rings is 1. The number of piperidine rings is 1. The Kier molecular flexibility index (Phi) is 4.37. The third-order valence-corrected chi connectivity index (χ3v) is 5.68. The summed E-state index contributed by atoms with van der Waals surface area (Å²) in [6, 6.07) is 3.28. The van der Waals surface area contributed by atoms with Crippen molar-refractivity contribution in [3.63, 3.8) is 0 Å². The molecule has 148 valence electrons. The lowest BCUT2D eigenvalue weighted by atomic mass is 9.75. The Balaban J connectivity index is 1.74. The zero-order chi connectivity index (χ0) is 20.1. The first-order chi connectivity index (χ1) is 13.2. The second kappa shape index (κ2) is 6.51. The summed E-state index contributed by atoms with van der Waals surface area (Å²) in [5, 5.41) is 9.53. The van der Waals surface area contributed by atoms with Crippen LogP contribution in [-0.4, -0.2) is 50.7 Å². The topological polar surface area (TPSA) is 82.5 Å². The fourth-order valence-electron chi connectivity index (χ4n) is 3.99. The molecule has 1 spiro atoms. The van der Waals surface area contributed by atoms with Crippen molar-refractivity contribution in [2.45, 2.75) is 31.1 Å². The highest BCUT2D eigenvalue weighted by Crippen LogP contribution is 2.49. The largest absolute Gasteiger partial charge is 0.465 e. The highest BCUT2D eigenvalue weighted by atomic mass is 35.5. The van der Waals surface area contributed by atoms with Gasteiger partial charge in [0.1, 0.15) is 11.0 Å². The Labute approximate surface area is 165 Å². The molecule has 2 aromatic heterocycles. The maximum Gasteiger partial charge on any atom is 0.407 e. The molecule has 4 heterocycles. The normalized spacial score (nSPS) is 18.4. The van der Waals surface area contributed by atoms with Crippen molar-refractivity contribution >= 4 is 29.2 Å². The summed E-state index contributed by atoms with van der Waals surface area (Å²) in [5.74, 6) is -3.35. The first kappa shape index (κ1) is 18.8. The fraction of sp³-hybridized carbons (Fsp3) is 0.444. The summed E-state index contributed by atoms with van der Waals surface area (Å²) in [7, 11) is 0. The minimum absolute atomic E-state index is 0.291. The molecule has 2 aliphatic rings. The van der Waals surface area contributed by atoms with E-state index in [4.69, 9.17) is 11.6 Å². The van der Waals surface area contributed by atoms with E-state index in [-0.39, 0.29) is 5.41 Å². The molecule has 1 amide bonds. The van der Waals surface area contributed by atoms with Crippen LogP contribution < -0.4 is 4.90 Å². The molecule has 7 nitrogen and oxygen atoms in total. The predicted molar refractivity (Wildman–Crippen MR) is 98.4 cm³/mol. The number of nitrogens with zero attached hydrogens (tertiary/aromatic N) is 5. The Hall–Kier alpha value is -2.55. The van der Waals surface area contributed by atoms with Gasteiger partial charge in [0.25, 0.3) is 0 Å². The summed E-state index contributed by atoms with van der Waals surface area (Å²) < 4.78 is 27.4. The van der Waals surface area contributed by atoms with Crippen LogP contribution in [0.4, 0.5) is 25.1 Å². The Morgan fingerprint density at radius 1 is 1.32 bits per heavy atom. The standard InChI is InChI=1S/C18H18ClF2N5O2/c1-17(20,21)15-22-5-2-14(24-15)26-10-18(3-6-25(7-4-18)16(27)28)11-9-23-13(19)8-12(11)26/h2,5,8-9H,3-4,6-7,10H2,1H3,(H,27,28). The third kappa shape index (κ3) is 3.13. The summed E-state index contributed by atoms with van der Waals surface area (Å²) in [6.45, 7) is 2.04. The SMILES string of the molecule is CC(F)(F)c1nccc(N2CC3(CCN(C(=O)O)CC3)c3cnc(Cl)cc32)n1. The van der Waals surface area contributed by atoms with Gasteiger partial charge in [0.15, 0.2) is 0 Å². The lowest BCUT2D eigenvalue weighted by Gasteiger charge is -2.38. The number of amides is 1. The van der Waals surface area contributed by atoms with E-state index in [2.05, 4.69) is 15.0 Å². The molecule has 1 fully saturated rings. The van der Waals surface area contributed by atoms with Crippen molar-refractivity contribution in [2.75, 3.05) is 24.5 Å². The molecule has 0 aliphatic carbocycles. The van der Waals surface area contributed by atoms with Crippen molar-refractivity contribution in [1.29, 1.82) is 0 Å². The van der Waals surface area contributed by atoms with Crippen LogP contribution in [0.3, 0.4) is 0 Å².